The SMILES string of the molecule is Cc1cc(I)ccc1NC(=O)CCNS(=O)(=O)/C=C/c1ccccc1. The molecular weight excluding hydrogens is 451 g/mol. The smallest absolute Gasteiger partial charge is 0.233 e. The molecule has 0 fully saturated rings. The number of aryl methyl sites for hydroxylation is 1. The van der Waals surface area contributed by atoms with Gasteiger partial charge < -0.3 is 5.32 Å². The molecule has 0 unspecified atom stereocenters. The van der Waals surface area contributed by atoms with Crippen LogP contribution in [0.5, 0.6) is 0 Å². The van der Waals surface area contributed by atoms with Gasteiger partial charge in [-0.1, -0.05) is 30.3 Å². The molecule has 0 aromatic heterocycles. The van der Waals surface area contributed by atoms with Gasteiger partial charge in [-0.05, 0) is 64.9 Å². The summed E-state index contributed by atoms with van der Waals surface area (Å²) in [6, 6.07) is 14.8. The second-order valence-corrected chi connectivity index (χ2v) is 8.31. The number of carbonyl (C=O) groups excluding carboxylic acids is 1. The van der Waals surface area contributed by atoms with Gasteiger partial charge in [0.2, 0.25) is 15.9 Å². The fourth-order valence-electron chi connectivity index (χ4n) is 2.07. The molecule has 0 saturated carbocycles. The zero-order chi connectivity index (χ0) is 18.3. The topological polar surface area (TPSA) is 75.3 Å². The zero-order valence-corrected chi connectivity index (χ0v) is 16.7. The molecule has 0 aliphatic heterocycles. The van der Waals surface area contributed by atoms with Crippen LogP contribution >= 0.6 is 22.6 Å². The molecule has 1 amide bonds. The van der Waals surface area contributed by atoms with Gasteiger partial charge in [-0.3, -0.25) is 4.79 Å². The molecule has 0 saturated heterocycles. The van der Waals surface area contributed by atoms with E-state index >= 15 is 0 Å². The Kier molecular flexibility index (Phi) is 7.15. The number of halogens is 1. The van der Waals surface area contributed by atoms with Crippen molar-refractivity contribution in [3.63, 3.8) is 0 Å². The van der Waals surface area contributed by atoms with Crippen LogP contribution in [0.15, 0.2) is 53.9 Å². The van der Waals surface area contributed by atoms with Gasteiger partial charge in [0.25, 0.3) is 0 Å². The number of rotatable bonds is 7. The average molecular weight is 470 g/mol. The van der Waals surface area contributed by atoms with E-state index in [0.29, 0.717) is 0 Å². The minimum atomic E-state index is -3.57. The van der Waals surface area contributed by atoms with Crippen LogP contribution in [0.1, 0.15) is 17.5 Å². The fourth-order valence-corrected chi connectivity index (χ4v) is 3.53. The first-order valence-corrected chi connectivity index (χ1v) is 10.3. The number of carbonyl (C=O) groups is 1. The lowest BCUT2D eigenvalue weighted by Crippen LogP contribution is -2.26. The van der Waals surface area contributed by atoms with Crippen molar-refractivity contribution in [2.45, 2.75) is 13.3 Å². The van der Waals surface area contributed by atoms with E-state index in [-0.39, 0.29) is 18.9 Å². The van der Waals surface area contributed by atoms with E-state index in [0.717, 1.165) is 25.8 Å². The molecule has 0 atom stereocenters. The summed E-state index contributed by atoms with van der Waals surface area (Å²) in [5.74, 6) is -0.237. The fraction of sp³-hybridized carbons (Fsp3) is 0.167. The van der Waals surface area contributed by atoms with Crippen LogP contribution in [-0.2, 0) is 14.8 Å². The highest BCUT2D eigenvalue weighted by molar-refractivity contribution is 14.1. The van der Waals surface area contributed by atoms with Crippen LogP contribution in [0.2, 0.25) is 0 Å². The van der Waals surface area contributed by atoms with E-state index in [4.69, 9.17) is 0 Å². The van der Waals surface area contributed by atoms with E-state index in [1.54, 1.807) is 0 Å². The van der Waals surface area contributed by atoms with Crippen LogP contribution in [0, 0.1) is 10.5 Å². The van der Waals surface area contributed by atoms with Crippen molar-refractivity contribution in [3.05, 3.63) is 68.6 Å². The molecule has 0 heterocycles. The third-order valence-electron chi connectivity index (χ3n) is 3.36. The highest BCUT2D eigenvalue weighted by atomic mass is 127. The number of benzene rings is 2. The van der Waals surface area contributed by atoms with Crippen LogP contribution in [-0.4, -0.2) is 20.9 Å². The Labute approximate surface area is 161 Å². The molecule has 0 radical (unpaired) electrons. The van der Waals surface area contributed by atoms with Gasteiger partial charge >= 0.3 is 0 Å². The number of anilines is 1. The molecule has 5 nitrogen and oxygen atoms in total. The van der Waals surface area contributed by atoms with Gasteiger partial charge in [0.1, 0.15) is 0 Å². The first kappa shape index (κ1) is 19.6. The summed E-state index contributed by atoms with van der Waals surface area (Å²) in [6.07, 6.45) is 1.57. The van der Waals surface area contributed by atoms with Crippen molar-refractivity contribution >= 4 is 50.3 Å². The summed E-state index contributed by atoms with van der Waals surface area (Å²) in [6.45, 7) is 1.95. The first-order chi connectivity index (χ1) is 11.9. The normalized spacial score (nSPS) is 11.6. The molecule has 25 heavy (non-hydrogen) atoms. The highest BCUT2D eigenvalue weighted by Crippen LogP contribution is 2.17. The van der Waals surface area contributed by atoms with Crippen molar-refractivity contribution in [1.29, 1.82) is 0 Å². The summed E-state index contributed by atoms with van der Waals surface area (Å²) < 4.78 is 27.3. The molecule has 2 aromatic carbocycles. The van der Waals surface area contributed by atoms with Crippen LogP contribution in [0.25, 0.3) is 6.08 Å². The number of sulfonamides is 1. The summed E-state index contributed by atoms with van der Waals surface area (Å²) in [7, 11) is -3.57. The van der Waals surface area contributed by atoms with Crippen molar-refractivity contribution in [2.24, 2.45) is 0 Å². The van der Waals surface area contributed by atoms with Gasteiger partial charge in [-0.25, -0.2) is 13.1 Å². The Morgan fingerprint density at radius 1 is 1.16 bits per heavy atom. The standard InChI is InChI=1S/C18H19IN2O3S/c1-14-13-16(19)7-8-17(14)21-18(22)9-11-20-25(23,24)12-10-15-5-3-2-4-6-15/h2-8,10,12-13,20H,9,11H2,1H3,(H,21,22)/b12-10+. The third-order valence-corrected chi connectivity index (χ3v) is 5.13. The molecule has 2 aromatic rings. The molecule has 132 valence electrons. The third kappa shape index (κ3) is 6.97. The average Bonchev–Trinajstić information content (AvgIpc) is 2.56. The first-order valence-electron chi connectivity index (χ1n) is 7.64. The van der Waals surface area contributed by atoms with E-state index < -0.39 is 10.0 Å². The van der Waals surface area contributed by atoms with E-state index in [1.807, 2.05) is 55.5 Å². The van der Waals surface area contributed by atoms with E-state index in [1.165, 1.54) is 6.08 Å². The summed E-state index contributed by atoms with van der Waals surface area (Å²) in [4.78, 5) is 11.9. The predicted molar refractivity (Wildman–Crippen MR) is 110 cm³/mol. The Morgan fingerprint density at radius 2 is 1.88 bits per heavy atom. The Hall–Kier alpha value is -1.71. The Balaban J connectivity index is 1.82. The maximum atomic E-state index is 11.9. The van der Waals surface area contributed by atoms with E-state index in [9.17, 15) is 13.2 Å². The lowest BCUT2D eigenvalue weighted by Gasteiger charge is -2.09. The van der Waals surface area contributed by atoms with Crippen molar-refractivity contribution in [1.82, 2.24) is 4.72 Å². The molecular formula is C18H19IN2O3S. The van der Waals surface area contributed by atoms with Crippen molar-refractivity contribution in [2.75, 3.05) is 11.9 Å². The van der Waals surface area contributed by atoms with Gasteiger partial charge in [0.05, 0.1) is 0 Å². The number of hydrogen-bond acceptors (Lipinski definition) is 3. The van der Waals surface area contributed by atoms with Crippen LogP contribution in [0.3, 0.4) is 0 Å². The lowest BCUT2D eigenvalue weighted by atomic mass is 10.2. The van der Waals surface area contributed by atoms with Crippen LogP contribution < -0.4 is 10.0 Å². The largest absolute Gasteiger partial charge is 0.326 e. The minimum Gasteiger partial charge on any atom is -0.326 e. The second-order valence-electron chi connectivity index (χ2n) is 5.41. The van der Waals surface area contributed by atoms with Crippen molar-refractivity contribution < 1.29 is 13.2 Å². The summed E-state index contributed by atoms with van der Waals surface area (Å²) in [5, 5.41) is 3.89. The Bertz CT molecular complexity index is 865. The number of nitrogens with one attached hydrogen (secondary N) is 2. The number of hydrogen-bond donors (Lipinski definition) is 2. The predicted octanol–water partition coefficient (Wildman–Crippen LogP) is 3.52. The quantitative estimate of drug-likeness (QED) is 0.609. The molecule has 0 spiro atoms. The molecule has 7 heteroatoms. The second kappa shape index (κ2) is 9.12. The molecule has 0 aliphatic carbocycles. The molecule has 2 rings (SSSR count). The minimum absolute atomic E-state index is 0.0384. The van der Waals surface area contributed by atoms with Crippen molar-refractivity contribution in [3.8, 4) is 0 Å². The summed E-state index contributed by atoms with van der Waals surface area (Å²) in [5.41, 5.74) is 2.49. The lowest BCUT2D eigenvalue weighted by molar-refractivity contribution is -0.116. The molecule has 0 bridgehead atoms. The maximum absolute atomic E-state index is 11.9. The molecule has 2 N–H and O–H groups in total. The van der Waals surface area contributed by atoms with E-state index in [2.05, 4.69) is 32.6 Å². The van der Waals surface area contributed by atoms with Crippen LogP contribution in [0.4, 0.5) is 5.69 Å². The van der Waals surface area contributed by atoms with Gasteiger partial charge in [0, 0.05) is 27.6 Å². The Morgan fingerprint density at radius 3 is 2.56 bits per heavy atom. The highest BCUT2D eigenvalue weighted by Gasteiger charge is 2.08. The number of amides is 1. The summed E-state index contributed by atoms with van der Waals surface area (Å²) >= 11 is 2.20. The maximum Gasteiger partial charge on any atom is 0.233 e. The zero-order valence-electron chi connectivity index (χ0n) is 13.7. The monoisotopic (exact) mass is 470 g/mol. The van der Waals surface area contributed by atoms with Gasteiger partial charge in [-0.15, -0.1) is 0 Å². The van der Waals surface area contributed by atoms with Gasteiger partial charge in [0.15, 0.2) is 0 Å². The van der Waals surface area contributed by atoms with Gasteiger partial charge in [-0.2, -0.15) is 0 Å². The molecule has 0 aliphatic rings.